The fraction of sp³-hybridized carbons (Fsp3) is 0.667. The topological polar surface area (TPSA) is 96.0 Å². The van der Waals surface area contributed by atoms with Crippen LogP contribution in [0.1, 0.15) is 115 Å². The number of hydrogen-bond donors (Lipinski definition) is 0. The number of esters is 3. The summed E-state index contributed by atoms with van der Waals surface area (Å²) in [5.41, 5.74) is -0.363. The van der Waals surface area contributed by atoms with Crippen molar-refractivity contribution in [3.63, 3.8) is 0 Å². The standard InChI is InChI=1S/C30H46O7/c1-7-10-11-19-29(6,37-24(5)32)20-13-22-30(23(4)31,28(34)36-9-3)21-12-14-25-15-17-26(18-16-25)27(33)35-8-2/h15-18H,7-14,19-22H2,1-6H3. The van der Waals surface area contributed by atoms with Crippen LogP contribution >= 0.6 is 0 Å². The Morgan fingerprint density at radius 3 is 1.89 bits per heavy atom. The van der Waals surface area contributed by atoms with Crippen molar-refractivity contribution in [1.29, 1.82) is 0 Å². The summed E-state index contributed by atoms with van der Waals surface area (Å²) in [6.07, 6.45) is 6.90. The molecule has 0 radical (unpaired) electrons. The molecule has 0 bridgehead atoms. The van der Waals surface area contributed by atoms with Crippen molar-refractivity contribution in [2.75, 3.05) is 13.2 Å². The first-order chi connectivity index (χ1) is 17.5. The first kappa shape index (κ1) is 32.3. The lowest BCUT2D eigenvalue weighted by molar-refractivity contribution is -0.163. The van der Waals surface area contributed by atoms with Gasteiger partial charge < -0.3 is 14.2 Å². The fourth-order valence-electron chi connectivity index (χ4n) is 4.80. The van der Waals surface area contributed by atoms with E-state index in [1.54, 1.807) is 26.0 Å². The number of carbonyl (C=O) groups excluding carboxylic acids is 4. The van der Waals surface area contributed by atoms with Gasteiger partial charge in [0.1, 0.15) is 16.8 Å². The van der Waals surface area contributed by atoms with Gasteiger partial charge in [-0.25, -0.2) is 4.79 Å². The number of hydrogen-bond acceptors (Lipinski definition) is 7. The van der Waals surface area contributed by atoms with Crippen molar-refractivity contribution in [3.8, 4) is 0 Å². The lowest BCUT2D eigenvalue weighted by Crippen LogP contribution is -2.40. The van der Waals surface area contributed by atoms with Gasteiger partial charge in [0, 0.05) is 6.92 Å². The zero-order valence-electron chi connectivity index (χ0n) is 23.7. The van der Waals surface area contributed by atoms with Crippen molar-refractivity contribution >= 4 is 23.7 Å². The van der Waals surface area contributed by atoms with E-state index in [0.717, 1.165) is 31.2 Å². The average molecular weight is 519 g/mol. The number of Topliss-reactive ketones (excluding diaryl/α,β-unsaturated/α-hetero) is 1. The number of ether oxygens (including phenoxy) is 3. The Morgan fingerprint density at radius 1 is 0.757 bits per heavy atom. The van der Waals surface area contributed by atoms with E-state index >= 15 is 0 Å². The Kier molecular flexibility index (Phi) is 14.2. The molecule has 2 atom stereocenters. The third-order valence-electron chi connectivity index (χ3n) is 6.88. The van der Waals surface area contributed by atoms with Crippen LogP contribution in [-0.2, 0) is 35.0 Å². The van der Waals surface area contributed by atoms with Crippen LogP contribution in [0.25, 0.3) is 0 Å². The molecule has 0 heterocycles. The van der Waals surface area contributed by atoms with Crippen molar-refractivity contribution in [2.45, 2.75) is 111 Å². The molecule has 1 aromatic carbocycles. The zero-order valence-corrected chi connectivity index (χ0v) is 23.7. The first-order valence-electron chi connectivity index (χ1n) is 13.7. The molecule has 0 fully saturated rings. The molecular formula is C30H46O7. The van der Waals surface area contributed by atoms with E-state index in [1.807, 2.05) is 19.1 Å². The SMILES string of the molecule is CCCCCC(C)(CCCC(CCCc1ccc(C(=O)OCC)cc1)(C(C)=O)C(=O)OCC)OC(C)=O. The van der Waals surface area contributed by atoms with Crippen LogP contribution in [0.4, 0.5) is 0 Å². The van der Waals surface area contributed by atoms with E-state index in [2.05, 4.69) is 6.92 Å². The Bertz CT molecular complexity index is 876. The minimum Gasteiger partial charge on any atom is -0.465 e. The molecule has 0 spiro atoms. The molecule has 0 amide bonds. The van der Waals surface area contributed by atoms with E-state index in [1.165, 1.54) is 13.8 Å². The highest BCUT2D eigenvalue weighted by atomic mass is 16.6. The van der Waals surface area contributed by atoms with Gasteiger partial charge in [-0.05, 0) is 96.8 Å². The van der Waals surface area contributed by atoms with Gasteiger partial charge in [-0.3, -0.25) is 14.4 Å². The summed E-state index contributed by atoms with van der Waals surface area (Å²) in [7, 11) is 0. The Hall–Kier alpha value is -2.70. The maximum absolute atomic E-state index is 13.1. The summed E-state index contributed by atoms with van der Waals surface area (Å²) in [6, 6.07) is 7.19. The molecule has 0 aliphatic heterocycles. The Morgan fingerprint density at radius 2 is 1.35 bits per heavy atom. The van der Waals surface area contributed by atoms with Gasteiger partial charge in [0.2, 0.25) is 0 Å². The normalized spacial score (nSPS) is 14.2. The zero-order chi connectivity index (χ0) is 27.9. The molecular weight excluding hydrogens is 472 g/mol. The fourth-order valence-corrected chi connectivity index (χ4v) is 4.80. The molecule has 2 unspecified atom stereocenters. The molecule has 1 rings (SSSR count). The quantitative estimate of drug-likeness (QED) is 0.0960. The first-order valence-corrected chi connectivity index (χ1v) is 13.7. The van der Waals surface area contributed by atoms with Crippen LogP contribution < -0.4 is 0 Å². The van der Waals surface area contributed by atoms with Gasteiger partial charge in [-0.15, -0.1) is 0 Å². The van der Waals surface area contributed by atoms with Gasteiger partial charge in [0.05, 0.1) is 18.8 Å². The van der Waals surface area contributed by atoms with E-state index < -0.39 is 17.0 Å². The molecule has 0 saturated heterocycles. The molecule has 0 N–H and O–H groups in total. The van der Waals surface area contributed by atoms with Gasteiger partial charge in [-0.1, -0.05) is 31.9 Å². The maximum Gasteiger partial charge on any atom is 0.338 e. The van der Waals surface area contributed by atoms with Crippen molar-refractivity contribution < 1.29 is 33.4 Å². The van der Waals surface area contributed by atoms with E-state index in [0.29, 0.717) is 50.7 Å². The smallest absolute Gasteiger partial charge is 0.338 e. The van der Waals surface area contributed by atoms with Gasteiger partial charge in [-0.2, -0.15) is 0 Å². The third kappa shape index (κ3) is 10.7. The number of carbonyl (C=O) groups is 4. The minimum absolute atomic E-state index is 0.200. The minimum atomic E-state index is -1.23. The predicted octanol–water partition coefficient (Wildman–Crippen LogP) is 6.40. The van der Waals surface area contributed by atoms with Crippen LogP contribution in [0, 0.1) is 5.41 Å². The van der Waals surface area contributed by atoms with Crippen LogP contribution in [0.2, 0.25) is 0 Å². The second-order valence-electron chi connectivity index (χ2n) is 9.98. The van der Waals surface area contributed by atoms with E-state index in [4.69, 9.17) is 14.2 Å². The van der Waals surface area contributed by atoms with Crippen LogP contribution in [0.15, 0.2) is 24.3 Å². The van der Waals surface area contributed by atoms with Crippen molar-refractivity contribution in [2.24, 2.45) is 5.41 Å². The monoisotopic (exact) mass is 518 g/mol. The van der Waals surface area contributed by atoms with Crippen LogP contribution in [0.5, 0.6) is 0 Å². The number of ketones is 1. The summed E-state index contributed by atoms with van der Waals surface area (Å²) in [5, 5.41) is 0. The van der Waals surface area contributed by atoms with Gasteiger partial charge in [0.15, 0.2) is 0 Å². The number of unbranched alkanes of at least 4 members (excludes halogenated alkanes) is 2. The average Bonchev–Trinajstić information content (AvgIpc) is 2.83. The third-order valence-corrected chi connectivity index (χ3v) is 6.88. The van der Waals surface area contributed by atoms with Gasteiger partial charge in [0.25, 0.3) is 0 Å². The molecule has 0 aliphatic carbocycles. The summed E-state index contributed by atoms with van der Waals surface area (Å²) in [5.74, 6) is -1.37. The van der Waals surface area contributed by atoms with Crippen molar-refractivity contribution in [1.82, 2.24) is 0 Å². The largest absolute Gasteiger partial charge is 0.465 e. The molecule has 0 aromatic heterocycles. The van der Waals surface area contributed by atoms with Gasteiger partial charge >= 0.3 is 17.9 Å². The Balaban J connectivity index is 2.94. The van der Waals surface area contributed by atoms with E-state index in [9.17, 15) is 19.2 Å². The maximum atomic E-state index is 13.1. The second kappa shape index (κ2) is 16.2. The van der Waals surface area contributed by atoms with Crippen molar-refractivity contribution in [3.05, 3.63) is 35.4 Å². The molecule has 0 saturated carbocycles. The molecule has 0 aliphatic rings. The molecule has 1 aromatic rings. The number of aryl methyl sites for hydroxylation is 1. The molecule has 208 valence electrons. The van der Waals surface area contributed by atoms with Crippen LogP contribution in [-0.4, -0.2) is 42.5 Å². The molecule has 7 nitrogen and oxygen atoms in total. The summed E-state index contributed by atoms with van der Waals surface area (Å²) in [4.78, 5) is 49.6. The number of rotatable bonds is 18. The predicted molar refractivity (Wildman–Crippen MR) is 143 cm³/mol. The highest BCUT2D eigenvalue weighted by molar-refractivity contribution is 6.02. The van der Waals surface area contributed by atoms with E-state index in [-0.39, 0.29) is 24.3 Å². The highest BCUT2D eigenvalue weighted by Gasteiger charge is 2.44. The summed E-state index contributed by atoms with van der Waals surface area (Å²) in [6.45, 7) is 10.9. The Labute approximate surface area is 222 Å². The lowest BCUT2D eigenvalue weighted by Gasteiger charge is -2.33. The summed E-state index contributed by atoms with van der Waals surface area (Å²) < 4.78 is 16.1. The lowest BCUT2D eigenvalue weighted by atomic mass is 9.74. The highest BCUT2D eigenvalue weighted by Crippen LogP contribution is 2.36. The van der Waals surface area contributed by atoms with Crippen LogP contribution in [0.3, 0.4) is 0 Å². The second-order valence-corrected chi connectivity index (χ2v) is 9.98. The number of benzene rings is 1. The summed E-state index contributed by atoms with van der Waals surface area (Å²) >= 11 is 0. The molecule has 7 heteroatoms. The molecule has 37 heavy (non-hydrogen) atoms.